The van der Waals surface area contributed by atoms with Crippen molar-refractivity contribution in [1.29, 1.82) is 0 Å². The second-order valence-electron chi connectivity index (χ2n) is 9.19. The van der Waals surface area contributed by atoms with Gasteiger partial charge in [-0.1, -0.05) is 24.3 Å². The van der Waals surface area contributed by atoms with Gasteiger partial charge in [0.15, 0.2) is 0 Å². The zero-order valence-corrected chi connectivity index (χ0v) is 21.7. The van der Waals surface area contributed by atoms with Crippen LogP contribution in [0, 0.1) is 13.8 Å². The topological polar surface area (TPSA) is 67.2 Å². The lowest BCUT2D eigenvalue weighted by Crippen LogP contribution is -2.55. The Hall–Kier alpha value is -3.92. The number of halogens is 3. The van der Waals surface area contributed by atoms with E-state index in [1.54, 1.807) is 9.58 Å². The lowest BCUT2D eigenvalue weighted by molar-refractivity contribution is -0.137. The first-order valence-electron chi connectivity index (χ1n) is 12.1. The van der Waals surface area contributed by atoms with Crippen molar-refractivity contribution in [3.05, 3.63) is 98.9 Å². The van der Waals surface area contributed by atoms with Gasteiger partial charge in [0.25, 0.3) is 11.8 Å². The zero-order valence-electron chi connectivity index (χ0n) is 20.9. The van der Waals surface area contributed by atoms with E-state index in [9.17, 15) is 22.8 Å². The Balaban J connectivity index is 1.64. The molecule has 0 bridgehead atoms. The van der Waals surface area contributed by atoms with Gasteiger partial charge in [0.1, 0.15) is 11.9 Å². The molecule has 0 unspecified atom stereocenters. The molecule has 4 aromatic rings. The van der Waals surface area contributed by atoms with Crippen LogP contribution < -0.4 is 10.2 Å². The summed E-state index contributed by atoms with van der Waals surface area (Å²) in [6.45, 7) is 5.96. The van der Waals surface area contributed by atoms with Crippen LogP contribution in [-0.4, -0.2) is 34.2 Å². The fraction of sp³-hybridized carbons (Fsp3) is 0.250. The smallest absolute Gasteiger partial charge is 0.339 e. The van der Waals surface area contributed by atoms with E-state index in [0.717, 1.165) is 33.8 Å². The highest BCUT2D eigenvalue weighted by Crippen LogP contribution is 2.45. The van der Waals surface area contributed by atoms with Gasteiger partial charge in [0.2, 0.25) is 0 Å². The van der Waals surface area contributed by atoms with Crippen molar-refractivity contribution in [3.8, 4) is 5.69 Å². The van der Waals surface area contributed by atoms with Gasteiger partial charge in [-0.2, -0.15) is 18.3 Å². The monoisotopic (exact) mass is 538 g/mol. The number of para-hydroxylation sites is 1. The molecule has 2 amide bonds. The molecule has 1 aliphatic rings. The molecule has 2 aromatic heterocycles. The van der Waals surface area contributed by atoms with E-state index < -0.39 is 29.6 Å². The van der Waals surface area contributed by atoms with Gasteiger partial charge < -0.3 is 5.32 Å². The highest BCUT2D eigenvalue weighted by atomic mass is 32.1. The van der Waals surface area contributed by atoms with E-state index in [1.165, 1.54) is 23.5 Å². The van der Waals surface area contributed by atoms with Crippen LogP contribution in [0.4, 0.5) is 19.0 Å². The van der Waals surface area contributed by atoms with E-state index in [0.29, 0.717) is 18.1 Å². The minimum absolute atomic E-state index is 0.167. The van der Waals surface area contributed by atoms with Crippen LogP contribution in [0.3, 0.4) is 0 Å². The molecule has 2 aromatic carbocycles. The summed E-state index contributed by atoms with van der Waals surface area (Å²) >= 11 is 1.47. The van der Waals surface area contributed by atoms with Crippen LogP contribution in [-0.2, 0) is 11.0 Å². The number of nitrogens with one attached hydrogen (secondary N) is 1. The number of rotatable bonds is 5. The van der Waals surface area contributed by atoms with Gasteiger partial charge in [0, 0.05) is 22.5 Å². The fourth-order valence-corrected chi connectivity index (χ4v) is 5.96. The number of aryl methyl sites for hydroxylation is 2. The summed E-state index contributed by atoms with van der Waals surface area (Å²) in [7, 11) is 0. The number of alkyl halides is 3. The summed E-state index contributed by atoms with van der Waals surface area (Å²) in [4.78, 5) is 29.7. The second-order valence-corrected chi connectivity index (χ2v) is 10.1. The summed E-state index contributed by atoms with van der Waals surface area (Å²) in [5.41, 5.74) is 2.20. The molecule has 0 saturated carbocycles. The molecule has 0 fully saturated rings. The largest absolute Gasteiger partial charge is 0.416 e. The number of carbonyl (C=O) groups is 2. The van der Waals surface area contributed by atoms with Crippen LogP contribution in [0.1, 0.15) is 50.5 Å². The third kappa shape index (κ3) is 4.49. The number of hydrogen-bond acceptors (Lipinski definition) is 4. The Morgan fingerprint density at radius 2 is 1.82 bits per heavy atom. The summed E-state index contributed by atoms with van der Waals surface area (Å²) in [6.07, 6.45) is -4.59. The Kier molecular flexibility index (Phi) is 6.60. The Labute approximate surface area is 221 Å². The first-order valence-corrected chi connectivity index (χ1v) is 13.0. The van der Waals surface area contributed by atoms with Gasteiger partial charge in [-0.25, -0.2) is 4.68 Å². The average molecular weight is 539 g/mol. The predicted molar refractivity (Wildman–Crippen MR) is 140 cm³/mol. The van der Waals surface area contributed by atoms with Crippen molar-refractivity contribution in [2.24, 2.45) is 0 Å². The number of benzene rings is 2. The van der Waals surface area contributed by atoms with Crippen LogP contribution >= 0.6 is 11.3 Å². The maximum atomic E-state index is 14.0. The standard InChI is InChI=1S/C28H25F3N4O2S/c1-4-34-26-22(17(3)33-35(26)20-11-6-5-7-12-20)23(21-13-16(2)15-38-21)24(27(34)37)32-25(36)18-9-8-10-19(14-18)28(29,30)31/h5-15,23-24H,4H2,1-3H3,(H,32,36)/t23-,24+/m0/s1. The molecule has 0 radical (unpaired) electrons. The van der Waals surface area contributed by atoms with Gasteiger partial charge in [-0.05, 0) is 68.1 Å². The van der Waals surface area contributed by atoms with Crippen molar-refractivity contribution < 1.29 is 22.8 Å². The SMILES string of the molecule is CCN1C(=O)[C@H](NC(=O)c2cccc(C(F)(F)F)c2)[C@@H](c2cc(C)cs2)c2c(C)nn(-c3ccccc3)c21. The fourth-order valence-electron chi connectivity index (χ4n) is 4.92. The lowest BCUT2D eigenvalue weighted by atomic mass is 9.84. The molecule has 1 aliphatic heterocycles. The third-order valence-corrected chi connectivity index (χ3v) is 7.76. The number of carbonyl (C=O) groups excluding carboxylic acids is 2. The number of anilines is 1. The number of thiophene rings is 1. The van der Waals surface area contributed by atoms with Crippen molar-refractivity contribution in [3.63, 3.8) is 0 Å². The Morgan fingerprint density at radius 1 is 1.08 bits per heavy atom. The number of likely N-dealkylation sites (N-methyl/N-ethyl adjacent to an activating group) is 1. The molecule has 6 nitrogen and oxygen atoms in total. The van der Waals surface area contributed by atoms with Gasteiger partial charge in [-0.15, -0.1) is 11.3 Å². The summed E-state index contributed by atoms with van der Waals surface area (Å²) in [5.74, 6) is -1.04. The molecular formula is C28H25F3N4O2S. The average Bonchev–Trinajstić information content (AvgIpc) is 3.48. The first-order chi connectivity index (χ1) is 18.1. The predicted octanol–water partition coefficient (Wildman–Crippen LogP) is 5.87. The van der Waals surface area contributed by atoms with Crippen molar-refractivity contribution >= 4 is 29.0 Å². The lowest BCUT2D eigenvalue weighted by Gasteiger charge is -2.38. The molecule has 3 heterocycles. The van der Waals surface area contributed by atoms with E-state index in [1.807, 2.05) is 62.5 Å². The van der Waals surface area contributed by atoms with Crippen molar-refractivity contribution in [2.75, 3.05) is 11.4 Å². The summed E-state index contributed by atoms with van der Waals surface area (Å²) < 4.78 is 41.6. The number of hydrogen-bond donors (Lipinski definition) is 1. The molecule has 5 rings (SSSR count). The second kappa shape index (κ2) is 9.75. The maximum Gasteiger partial charge on any atom is 0.416 e. The minimum Gasteiger partial charge on any atom is -0.339 e. The maximum absolute atomic E-state index is 14.0. The van der Waals surface area contributed by atoms with Crippen molar-refractivity contribution in [1.82, 2.24) is 15.1 Å². The van der Waals surface area contributed by atoms with Crippen LogP contribution in [0.2, 0.25) is 0 Å². The number of aromatic nitrogens is 2. The number of fused-ring (bicyclic) bond motifs is 1. The quantitative estimate of drug-likeness (QED) is 0.346. The molecule has 10 heteroatoms. The van der Waals surface area contributed by atoms with E-state index in [2.05, 4.69) is 5.32 Å². The molecule has 38 heavy (non-hydrogen) atoms. The van der Waals surface area contributed by atoms with Gasteiger partial charge in [0.05, 0.1) is 22.9 Å². The molecule has 2 atom stereocenters. The molecule has 0 spiro atoms. The molecule has 0 aliphatic carbocycles. The number of nitrogens with zero attached hydrogens (tertiary/aromatic N) is 3. The first kappa shape index (κ1) is 25.7. The molecule has 0 saturated heterocycles. The summed E-state index contributed by atoms with van der Waals surface area (Å²) in [6, 6.07) is 14.6. The van der Waals surface area contributed by atoms with E-state index in [-0.39, 0.29) is 11.5 Å². The molecule has 196 valence electrons. The molecular weight excluding hydrogens is 513 g/mol. The minimum atomic E-state index is -4.59. The van der Waals surface area contributed by atoms with Crippen LogP contribution in [0.25, 0.3) is 5.69 Å². The van der Waals surface area contributed by atoms with E-state index in [4.69, 9.17) is 5.10 Å². The van der Waals surface area contributed by atoms with Gasteiger partial charge >= 0.3 is 6.18 Å². The third-order valence-electron chi connectivity index (χ3n) is 6.63. The van der Waals surface area contributed by atoms with Crippen molar-refractivity contribution in [2.45, 2.75) is 38.9 Å². The van der Waals surface area contributed by atoms with Crippen LogP contribution in [0.5, 0.6) is 0 Å². The molecule has 1 N–H and O–H groups in total. The Morgan fingerprint density at radius 3 is 2.45 bits per heavy atom. The Bertz CT molecular complexity index is 1510. The van der Waals surface area contributed by atoms with E-state index >= 15 is 0 Å². The number of amides is 2. The highest BCUT2D eigenvalue weighted by Gasteiger charge is 2.46. The summed E-state index contributed by atoms with van der Waals surface area (Å²) in [5, 5.41) is 9.52. The van der Waals surface area contributed by atoms with Crippen LogP contribution in [0.15, 0.2) is 66.0 Å². The van der Waals surface area contributed by atoms with Gasteiger partial charge in [-0.3, -0.25) is 14.5 Å². The highest BCUT2D eigenvalue weighted by molar-refractivity contribution is 7.10. The zero-order chi connectivity index (χ0) is 27.2. The normalized spacial score (nSPS) is 17.4.